The van der Waals surface area contributed by atoms with Crippen LogP contribution in [0.4, 0.5) is 5.69 Å². The number of halogens is 1. The maximum atomic E-state index is 12.0. The number of nitrogens with zero attached hydrogens (tertiary/aromatic N) is 1. The van der Waals surface area contributed by atoms with Crippen molar-refractivity contribution < 1.29 is 14.3 Å². The van der Waals surface area contributed by atoms with Crippen molar-refractivity contribution in [2.75, 3.05) is 11.9 Å². The molecule has 1 aromatic heterocycles. The monoisotopic (exact) mass is 378 g/mol. The number of nitrogens with one attached hydrogen (secondary N) is 1. The Morgan fingerprint density at radius 1 is 1.30 bits per heavy atom. The summed E-state index contributed by atoms with van der Waals surface area (Å²) in [6.07, 6.45) is 1.73. The van der Waals surface area contributed by atoms with Crippen molar-refractivity contribution >= 4 is 27.5 Å². The minimum Gasteiger partial charge on any atom is -0.439 e. The van der Waals surface area contributed by atoms with Gasteiger partial charge in [0.2, 0.25) is 5.88 Å². The molecule has 0 saturated heterocycles. The van der Waals surface area contributed by atoms with Crippen LogP contribution < -0.4 is 10.1 Å². The molecule has 0 radical (unpaired) electrons. The summed E-state index contributed by atoms with van der Waals surface area (Å²) >= 11 is 3.39. The van der Waals surface area contributed by atoms with Crippen molar-refractivity contribution in [2.45, 2.75) is 26.4 Å². The third-order valence-electron chi connectivity index (χ3n) is 3.05. The molecule has 0 aliphatic rings. The molecule has 0 fully saturated rings. The Kier molecular flexibility index (Phi) is 6.55. The van der Waals surface area contributed by atoms with Gasteiger partial charge in [0.15, 0.2) is 0 Å². The fourth-order valence-electron chi connectivity index (χ4n) is 1.97. The number of benzene rings is 1. The number of pyridine rings is 1. The highest BCUT2D eigenvalue weighted by atomic mass is 79.9. The molecule has 0 aliphatic heterocycles. The number of anilines is 1. The van der Waals surface area contributed by atoms with Crippen molar-refractivity contribution in [3.05, 3.63) is 47.1 Å². The quantitative estimate of drug-likeness (QED) is 0.775. The zero-order valence-electron chi connectivity index (χ0n) is 13.1. The number of hydrogen-bond donors (Lipinski definition) is 1. The van der Waals surface area contributed by atoms with Crippen molar-refractivity contribution in [1.82, 2.24) is 4.98 Å². The molecule has 0 aliphatic carbocycles. The number of carbonyl (C=O) groups excluding carboxylic acids is 1. The van der Waals surface area contributed by atoms with Gasteiger partial charge in [-0.15, -0.1) is 0 Å². The summed E-state index contributed by atoms with van der Waals surface area (Å²) in [7, 11) is 0. The highest BCUT2D eigenvalue weighted by Crippen LogP contribution is 2.23. The van der Waals surface area contributed by atoms with E-state index in [2.05, 4.69) is 26.2 Å². The van der Waals surface area contributed by atoms with Crippen molar-refractivity contribution in [3.8, 4) is 11.6 Å². The number of hydrogen-bond acceptors (Lipinski definition) is 4. The summed E-state index contributed by atoms with van der Waals surface area (Å²) in [6.45, 7) is 4.28. The lowest BCUT2D eigenvalue weighted by Gasteiger charge is -2.14. The first-order chi connectivity index (χ1) is 11.1. The SMILES string of the molecule is CCOC(CC)C(=O)Nc1ccc(Oc2cccc(Br)c2)nc1. The Balaban J connectivity index is 1.98. The summed E-state index contributed by atoms with van der Waals surface area (Å²) in [5.41, 5.74) is 0.606. The number of carbonyl (C=O) groups is 1. The molecule has 0 bridgehead atoms. The molecule has 6 heteroatoms. The van der Waals surface area contributed by atoms with E-state index in [-0.39, 0.29) is 5.91 Å². The van der Waals surface area contributed by atoms with Crippen LogP contribution in [0.15, 0.2) is 47.1 Å². The maximum absolute atomic E-state index is 12.0. The number of rotatable bonds is 7. The molecule has 1 unspecified atom stereocenters. The lowest BCUT2D eigenvalue weighted by molar-refractivity contribution is -0.127. The zero-order valence-corrected chi connectivity index (χ0v) is 14.7. The van der Waals surface area contributed by atoms with Gasteiger partial charge in [0.05, 0.1) is 11.9 Å². The van der Waals surface area contributed by atoms with Crippen LogP contribution in [0.5, 0.6) is 11.6 Å². The van der Waals surface area contributed by atoms with E-state index < -0.39 is 6.10 Å². The van der Waals surface area contributed by atoms with Crippen molar-refractivity contribution in [1.29, 1.82) is 0 Å². The molecule has 2 rings (SSSR count). The summed E-state index contributed by atoms with van der Waals surface area (Å²) in [6, 6.07) is 10.9. The van der Waals surface area contributed by atoms with Crippen LogP contribution in [0, 0.1) is 0 Å². The van der Waals surface area contributed by atoms with Crippen LogP contribution in [-0.2, 0) is 9.53 Å². The largest absolute Gasteiger partial charge is 0.439 e. The van der Waals surface area contributed by atoms with Crippen LogP contribution in [0.3, 0.4) is 0 Å². The molecule has 1 atom stereocenters. The first-order valence-electron chi connectivity index (χ1n) is 7.44. The van der Waals surface area contributed by atoms with Gasteiger partial charge in [-0.05, 0) is 37.6 Å². The molecule has 5 nitrogen and oxygen atoms in total. The van der Waals surface area contributed by atoms with E-state index in [0.717, 1.165) is 4.47 Å². The van der Waals surface area contributed by atoms with Gasteiger partial charge in [-0.25, -0.2) is 4.98 Å². The predicted octanol–water partition coefficient (Wildman–Crippen LogP) is 4.39. The Hall–Kier alpha value is -1.92. The fraction of sp³-hybridized carbons (Fsp3) is 0.294. The van der Waals surface area contributed by atoms with Gasteiger partial charge in [0.25, 0.3) is 5.91 Å². The van der Waals surface area contributed by atoms with Gasteiger partial charge in [-0.1, -0.05) is 28.9 Å². The molecule has 0 spiro atoms. The Labute approximate surface area is 144 Å². The third kappa shape index (κ3) is 5.33. The predicted molar refractivity (Wildman–Crippen MR) is 92.8 cm³/mol. The minimum atomic E-state index is -0.447. The van der Waals surface area contributed by atoms with E-state index in [9.17, 15) is 4.79 Å². The van der Waals surface area contributed by atoms with Gasteiger partial charge in [-0.2, -0.15) is 0 Å². The molecule has 122 valence electrons. The molecule has 2 aromatic rings. The summed E-state index contributed by atoms with van der Waals surface area (Å²) < 4.78 is 12.0. The summed E-state index contributed by atoms with van der Waals surface area (Å²) in [4.78, 5) is 16.2. The van der Waals surface area contributed by atoms with E-state index in [1.54, 1.807) is 18.3 Å². The Bertz CT molecular complexity index is 647. The molecule has 23 heavy (non-hydrogen) atoms. The van der Waals surface area contributed by atoms with Crippen LogP contribution in [0.25, 0.3) is 0 Å². The van der Waals surface area contributed by atoms with E-state index in [1.807, 2.05) is 38.1 Å². The first kappa shape index (κ1) is 17.4. The highest BCUT2D eigenvalue weighted by Gasteiger charge is 2.16. The first-order valence-corrected chi connectivity index (χ1v) is 8.23. The van der Waals surface area contributed by atoms with Gasteiger partial charge >= 0.3 is 0 Å². The second kappa shape index (κ2) is 8.64. The van der Waals surface area contributed by atoms with Crippen molar-refractivity contribution in [2.24, 2.45) is 0 Å². The van der Waals surface area contributed by atoms with Crippen molar-refractivity contribution in [3.63, 3.8) is 0 Å². The normalized spacial score (nSPS) is 11.8. The lowest BCUT2D eigenvalue weighted by atomic mass is 10.2. The minimum absolute atomic E-state index is 0.170. The fourth-order valence-corrected chi connectivity index (χ4v) is 2.35. The second-order valence-corrected chi connectivity index (χ2v) is 5.70. The molecular weight excluding hydrogens is 360 g/mol. The molecule has 1 amide bonds. The van der Waals surface area contributed by atoms with Crippen LogP contribution in [-0.4, -0.2) is 23.6 Å². The third-order valence-corrected chi connectivity index (χ3v) is 3.55. The average molecular weight is 379 g/mol. The smallest absolute Gasteiger partial charge is 0.253 e. The molecule has 1 N–H and O–H groups in total. The van der Waals surface area contributed by atoms with E-state index in [1.165, 1.54) is 0 Å². The topological polar surface area (TPSA) is 60.5 Å². The van der Waals surface area contributed by atoms with Gasteiger partial charge < -0.3 is 14.8 Å². The maximum Gasteiger partial charge on any atom is 0.253 e. The molecule has 0 saturated carbocycles. The number of amides is 1. The van der Waals surface area contributed by atoms with Gasteiger partial charge in [0.1, 0.15) is 11.9 Å². The van der Waals surface area contributed by atoms with E-state index in [4.69, 9.17) is 9.47 Å². The van der Waals surface area contributed by atoms with Gasteiger partial charge in [-0.3, -0.25) is 4.79 Å². The highest BCUT2D eigenvalue weighted by molar-refractivity contribution is 9.10. The molecular formula is C17H19BrN2O3. The van der Waals surface area contributed by atoms with E-state index >= 15 is 0 Å². The second-order valence-electron chi connectivity index (χ2n) is 4.79. The van der Waals surface area contributed by atoms with Gasteiger partial charge in [0, 0.05) is 17.1 Å². The molecule has 1 heterocycles. The Morgan fingerprint density at radius 3 is 2.74 bits per heavy atom. The lowest BCUT2D eigenvalue weighted by Crippen LogP contribution is -2.29. The summed E-state index contributed by atoms with van der Waals surface area (Å²) in [5, 5.41) is 2.79. The van der Waals surface area contributed by atoms with E-state index in [0.29, 0.717) is 30.3 Å². The number of ether oxygens (including phenoxy) is 2. The molecule has 1 aromatic carbocycles. The van der Waals surface area contributed by atoms with Crippen LogP contribution in [0.1, 0.15) is 20.3 Å². The summed E-state index contributed by atoms with van der Waals surface area (Å²) in [5.74, 6) is 0.973. The standard InChI is InChI=1S/C17H19BrN2O3/c1-3-15(22-4-2)17(21)20-13-8-9-16(19-11-13)23-14-7-5-6-12(18)10-14/h5-11,15H,3-4H2,1-2H3,(H,20,21). The average Bonchev–Trinajstić information content (AvgIpc) is 2.54. The van der Waals surface area contributed by atoms with Crippen LogP contribution in [0.2, 0.25) is 0 Å². The zero-order chi connectivity index (χ0) is 16.7. The number of aromatic nitrogens is 1. The van der Waals surface area contributed by atoms with Crippen LogP contribution >= 0.6 is 15.9 Å². The Morgan fingerprint density at radius 2 is 2.13 bits per heavy atom.